The predicted octanol–water partition coefficient (Wildman–Crippen LogP) is 3.49. The van der Waals surface area contributed by atoms with Gasteiger partial charge in [0.25, 0.3) is 5.91 Å². The second-order valence-electron chi connectivity index (χ2n) is 6.96. The number of aryl methyl sites for hydroxylation is 1. The number of carbonyl (C=O) groups is 1. The van der Waals surface area contributed by atoms with Crippen LogP contribution in [0.4, 0.5) is 5.69 Å². The van der Waals surface area contributed by atoms with Crippen LogP contribution in [-0.2, 0) is 14.8 Å². The van der Waals surface area contributed by atoms with E-state index >= 15 is 0 Å². The molecule has 1 amide bonds. The average molecular weight is 421 g/mol. The number of ether oxygens (including phenoxy) is 2. The minimum atomic E-state index is -3.71. The minimum Gasteiger partial charge on any atom is -0.495 e. The molecule has 0 unspecified atom stereocenters. The molecular formula is C21H28N2O5S. The maximum atomic E-state index is 12.8. The Morgan fingerprint density at radius 2 is 1.86 bits per heavy atom. The lowest BCUT2D eigenvalue weighted by atomic mass is 10.2. The number of carbonyl (C=O) groups excluding carboxylic acids is 1. The van der Waals surface area contributed by atoms with E-state index in [1.54, 1.807) is 19.9 Å². The highest BCUT2D eigenvalue weighted by molar-refractivity contribution is 7.89. The summed E-state index contributed by atoms with van der Waals surface area (Å²) >= 11 is 0. The van der Waals surface area contributed by atoms with Crippen molar-refractivity contribution in [1.29, 1.82) is 0 Å². The first-order valence-corrected chi connectivity index (χ1v) is 10.9. The first kappa shape index (κ1) is 22.7. The number of amides is 1. The fraction of sp³-hybridized carbons (Fsp3) is 0.381. The molecule has 0 heterocycles. The molecule has 0 spiro atoms. The van der Waals surface area contributed by atoms with E-state index in [1.165, 1.54) is 25.3 Å². The number of hydrogen-bond acceptors (Lipinski definition) is 5. The maximum absolute atomic E-state index is 12.8. The van der Waals surface area contributed by atoms with Crippen molar-refractivity contribution in [2.45, 2.75) is 51.2 Å². The smallest absolute Gasteiger partial charge is 0.265 e. The summed E-state index contributed by atoms with van der Waals surface area (Å²) in [6, 6.07) is 11.5. The van der Waals surface area contributed by atoms with Gasteiger partial charge in [0, 0.05) is 6.04 Å². The Morgan fingerprint density at radius 3 is 2.45 bits per heavy atom. The third-order valence-corrected chi connectivity index (χ3v) is 5.72. The zero-order valence-electron chi connectivity index (χ0n) is 17.4. The topological polar surface area (TPSA) is 93.7 Å². The Morgan fingerprint density at radius 1 is 1.14 bits per heavy atom. The fourth-order valence-corrected chi connectivity index (χ4v) is 4.00. The lowest BCUT2D eigenvalue weighted by Gasteiger charge is -2.19. The normalized spacial score (nSPS) is 12.5. The highest BCUT2D eigenvalue weighted by atomic mass is 32.2. The molecule has 1 atom stereocenters. The van der Waals surface area contributed by atoms with E-state index < -0.39 is 22.0 Å². The van der Waals surface area contributed by atoms with Crippen LogP contribution >= 0.6 is 0 Å². The maximum Gasteiger partial charge on any atom is 0.265 e. The van der Waals surface area contributed by atoms with Gasteiger partial charge in [-0.25, -0.2) is 13.1 Å². The first-order valence-electron chi connectivity index (χ1n) is 9.40. The molecular weight excluding hydrogens is 392 g/mol. The molecule has 8 heteroatoms. The van der Waals surface area contributed by atoms with Gasteiger partial charge in [-0.3, -0.25) is 4.79 Å². The molecule has 2 rings (SSSR count). The number of nitrogens with one attached hydrogen (secondary N) is 2. The van der Waals surface area contributed by atoms with Crippen molar-refractivity contribution in [2.75, 3.05) is 12.4 Å². The summed E-state index contributed by atoms with van der Waals surface area (Å²) in [7, 11) is -2.26. The van der Waals surface area contributed by atoms with Crippen LogP contribution in [0.15, 0.2) is 47.4 Å². The van der Waals surface area contributed by atoms with E-state index in [1.807, 2.05) is 32.0 Å². The number of methoxy groups -OCH3 is 1. The second-order valence-corrected chi connectivity index (χ2v) is 8.67. The number of sulfonamides is 1. The van der Waals surface area contributed by atoms with Crippen LogP contribution in [-0.4, -0.2) is 33.6 Å². The number of hydrogen-bond donors (Lipinski definition) is 2. The lowest BCUT2D eigenvalue weighted by Crippen LogP contribution is -2.33. The SMILES string of the molecule is CC[C@@H](Oc1cccc(C)c1)C(=O)Nc1cc(S(=O)(=O)NC(C)C)ccc1OC. The van der Waals surface area contributed by atoms with Gasteiger partial charge in [0.2, 0.25) is 10.0 Å². The lowest BCUT2D eigenvalue weighted by molar-refractivity contribution is -0.122. The molecule has 2 aromatic rings. The van der Waals surface area contributed by atoms with Gasteiger partial charge < -0.3 is 14.8 Å². The van der Waals surface area contributed by atoms with Crippen molar-refractivity contribution in [2.24, 2.45) is 0 Å². The van der Waals surface area contributed by atoms with Gasteiger partial charge in [-0.05, 0) is 63.1 Å². The van der Waals surface area contributed by atoms with Crippen LogP contribution in [0.1, 0.15) is 32.8 Å². The molecule has 0 aliphatic carbocycles. The first-order chi connectivity index (χ1) is 13.7. The van der Waals surface area contributed by atoms with Crippen molar-refractivity contribution in [3.8, 4) is 11.5 Å². The van der Waals surface area contributed by atoms with E-state index in [0.29, 0.717) is 17.9 Å². The average Bonchev–Trinajstić information content (AvgIpc) is 2.65. The van der Waals surface area contributed by atoms with Crippen LogP contribution in [0, 0.1) is 6.92 Å². The van der Waals surface area contributed by atoms with E-state index in [4.69, 9.17) is 9.47 Å². The zero-order valence-corrected chi connectivity index (χ0v) is 18.2. The van der Waals surface area contributed by atoms with Crippen molar-refractivity contribution in [3.63, 3.8) is 0 Å². The highest BCUT2D eigenvalue weighted by Gasteiger charge is 2.22. The van der Waals surface area contributed by atoms with Gasteiger partial charge in [-0.15, -0.1) is 0 Å². The monoisotopic (exact) mass is 420 g/mol. The summed E-state index contributed by atoms with van der Waals surface area (Å²) in [6.07, 6.45) is -0.301. The van der Waals surface area contributed by atoms with Gasteiger partial charge in [0.05, 0.1) is 17.7 Å². The molecule has 0 aliphatic rings. The summed E-state index contributed by atoms with van der Waals surface area (Å²) < 4.78 is 38.5. The van der Waals surface area contributed by atoms with Crippen molar-refractivity contribution >= 4 is 21.6 Å². The van der Waals surface area contributed by atoms with Gasteiger partial charge >= 0.3 is 0 Å². The molecule has 0 fully saturated rings. The predicted molar refractivity (Wildman–Crippen MR) is 113 cm³/mol. The summed E-state index contributed by atoms with van der Waals surface area (Å²) in [5.41, 5.74) is 1.28. The van der Waals surface area contributed by atoms with Crippen LogP contribution in [0.2, 0.25) is 0 Å². The van der Waals surface area contributed by atoms with Crippen LogP contribution < -0.4 is 19.5 Å². The quantitative estimate of drug-likeness (QED) is 0.648. The number of anilines is 1. The Bertz CT molecular complexity index is 957. The molecule has 0 bridgehead atoms. The molecule has 158 valence electrons. The van der Waals surface area contributed by atoms with Gasteiger partial charge in [-0.1, -0.05) is 19.1 Å². The van der Waals surface area contributed by atoms with Crippen LogP contribution in [0.5, 0.6) is 11.5 Å². The summed E-state index contributed by atoms with van der Waals surface area (Å²) in [5.74, 6) is 0.558. The van der Waals surface area contributed by atoms with E-state index in [9.17, 15) is 13.2 Å². The van der Waals surface area contributed by atoms with Crippen molar-refractivity contribution < 1.29 is 22.7 Å². The highest BCUT2D eigenvalue weighted by Crippen LogP contribution is 2.28. The Kier molecular flexibility index (Phi) is 7.64. The summed E-state index contributed by atoms with van der Waals surface area (Å²) in [4.78, 5) is 12.8. The molecule has 2 aromatic carbocycles. The number of rotatable bonds is 9. The molecule has 0 radical (unpaired) electrons. The van der Waals surface area contributed by atoms with Crippen LogP contribution in [0.25, 0.3) is 0 Å². The Labute approximate surface area is 172 Å². The molecule has 2 N–H and O–H groups in total. The van der Waals surface area contributed by atoms with Gasteiger partial charge in [0.1, 0.15) is 11.5 Å². The minimum absolute atomic E-state index is 0.0370. The third-order valence-electron chi connectivity index (χ3n) is 4.06. The van der Waals surface area contributed by atoms with Gasteiger partial charge in [0.15, 0.2) is 6.10 Å². The van der Waals surface area contributed by atoms with Crippen molar-refractivity contribution in [1.82, 2.24) is 4.72 Å². The standard InChI is InChI=1S/C21H28N2O5S/c1-6-19(28-16-9-7-8-15(4)12-16)21(24)22-18-13-17(10-11-20(18)27-5)29(25,26)23-14(2)3/h7-14,19,23H,6H2,1-5H3,(H,22,24)/t19-/m1/s1. The van der Waals surface area contributed by atoms with E-state index in [0.717, 1.165) is 5.56 Å². The number of benzene rings is 2. The molecule has 0 aromatic heterocycles. The summed E-state index contributed by atoms with van der Waals surface area (Å²) in [5, 5.41) is 2.73. The van der Waals surface area contributed by atoms with Gasteiger partial charge in [-0.2, -0.15) is 0 Å². The fourth-order valence-electron chi connectivity index (χ4n) is 2.72. The Hall–Kier alpha value is -2.58. The molecule has 29 heavy (non-hydrogen) atoms. The second kappa shape index (κ2) is 9.76. The summed E-state index contributed by atoms with van der Waals surface area (Å²) in [6.45, 7) is 7.25. The molecule has 0 aliphatic heterocycles. The molecule has 0 saturated carbocycles. The largest absolute Gasteiger partial charge is 0.495 e. The van der Waals surface area contributed by atoms with Crippen LogP contribution in [0.3, 0.4) is 0 Å². The zero-order chi connectivity index (χ0) is 21.6. The molecule has 7 nitrogen and oxygen atoms in total. The van der Waals surface area contributed by atoms with E-state index in [-0.39, 0.29) is 16.6 Å². The van der Waals surface area contributed by atoms with Crippen molar-refractivity contribution in [3.05, 3.63) is 48.0 Å². The van der Waals surface area contributed by atoms with E-state index in [2.05, 4.69) is 10.0 Å². The molecule has 0 saturated heterocycles. The Balaban J connectivity index is 2.26. The third kappa shape index (κ3) is 6.20.